The zero-order chi connectivity index (χ0) is 11.2. The highest BCUT2D eigenvalue weighted by molar-refractivity contribution is 7.13. The first-order valence-corrected chi connectivity index (χ1v) is 4.79. The fourth-order valence-corrected chi connectivity index (χ4v) is 2.24. The van der Waals surface area contributed by atoms with Crippen molar-refractivity contribution in [1.29, 1.82) is 0 Å². The van der Waals surface area contributed by atoms with Gasteiger partial charge in [-0.1, -0.05) is 0 Å². The normalized spacial score (nSPS) is 12.3. The Hall–Kier alpha value is -1.17. The molecule has 15 heavy (non-hydrogen) atoms. The molecule has 6 heteroatoms. The van der Waals surface area contributed by atoms with E-state index in [0.29, 0.717) is 11.8 Å². The molecule has 1 aromatic carbocycles. The summed E-state index contributed by atoms with van der Waals surface area (Å²) < 4.78 is 54.3. The van der Waals surface area contributed by atoms with Crippen molar-refractivity contribution < 1.29 is 17.6 Å². The maximum Gasteiger partial charge on any atom is 0.417 e. The molecule has 2 rings (SSSR count). The van der Waals surface area contributed by atoms with E-state index in [1.165, 1.54) is 0 Å². The molecule has 1 nitrogen and oxygen atoms in total. The second-order valence-electron chi connectivity index (χ2n) is 3.10. The lowest BCUT2D eigenvalue weighted by Crippen LogP contribution is -2.05. The lowest BCUT2D eigenvalue weighted by atomic mass is 10.1. The Labute approximate surface area is 86.5 Å². The van der Waals surface area contributed by atoms with E-state index in [4.69, 9.17) is 0 Å². The summed E-state index contributed by atoms with van der Waals surface area (Å²) in [5.74, 6) is -0.891. The topological polar surface area (TPSA) is 12.9 Å². The van der Waals surface area contributed by atoms with E-state index in [9.17, 15) is 17.6 Å². The average molecular weight is 235 g/mol. The molecule has 0 saturated heterocycles. The summed E-state index contributed by atoms with van der Waals surface area (Å²) in [7, 11) is 0. The van der Waals surface area contributed by atoms with E-state index < -0.39 is 17.6 Å². The predicted molar refractivity (Wildman–Crippen MR) is 49.3 cm³/mol. The van der Waals surface area contributed by atoms with Crippen LogP contribution < -0.4 is 0 Å². The smallest absolute Gasteiger partial charge is 0.207 e. The van der Waals surface area contributed by atoms with Gasteiger partial charge in [-0.25, -0.2) is 4.39 Å². The van der Waals surface area contributed by atoms with Crippen molar-refractivity contribution in [3.63, 3.8) is 0 Å². The van der Waals surface area contributed by atoms with Crippen LogP contribution >= 0.6 is 11.5 Å². The highest BCUT2D eigenvalue weighted by Gasteiger charge is 2.34. The predicted octanol–water partition coefficient (Wildman–Crippen LogP) is 3.76. The summed E-state index contributed by atoms with van der Waals surface area (Å²) >= 11 is 0.739. The van der Waals surface area contributed by atoms with Gasteiger partial charge in [0.2, 0.25) is 0 Å². The van der Waals surface area contributed by atoms with Gasteiger partial charge in [-0.05, 0) is 30.6 Å². The van der Waals surface area contributed by atoms with E-state index in [1.807, 2.05) is 0 Å². The Kier molecular flexibility index (Phi) is 2.18. The molecule has 0 bridgehead atoms. The average Bonchev–Trinajstić information content (AvgIpc) is 2.45. The zero-order valence-corrected chi connectivity index (χ0v) is 8.34. The number of rotatable bonds is 0. The van der Waals surface area contributed by atoms with Gasteiger partial charge < -0.3 is 0 Å². The molecular formula is C9H5F4NS. The van der Waals surface area contributed by atoms with Gasteiger partial charge in [-0.15, -0.1) is 0 Å². The van der Waals surface area contributed by atoms with E-state index in [-0.39, 0.29) is 10.1 Å². The van der Waals surface area contributed by atoms with Gasteiger partial charge in [0.05, 0.1) is 16.0 Å². The Balaban J connectivity index is 2.84. The van der Waals surface area contributed by atoms with Crippen LogP contribution in [0.3, 0.4) is 0 Å². The van der Waals surface area contributed by atoms with E-state index in [2.05, 4.69) is 4.37 Å². The molecule has 0 N–H and O–H groups in total. The molecule has 0 amide bonds. The standard InChI is InChI=1S/C9H5F4NS/c1-4-6-2-5(10)3-7(9(11,12)13)8(6)15-14-4/h2-3H,1H3. The first-order chi connectivity index (χ1) is 6.89. The van der Waals surface area contributed by atoms with E-state index in [1.54, 1.807) is 6.92 Å². The first kappa shape index (κ1) is 10.4. The fourth-order valence-electron chi connectivity index (χ4n) is 1.33. The monoisotopic (exact) mass is 235 g/mol. The molecule has 0 fully saturated rings. The van der Waals surface area contributed by atoms with Gasteiger partial charge in [0.25, 0.3) is 0 Å². The highest BCUT2D eigenvalue weighted by atomic mass is 32.1. The summed E-state index contributed by atoms with van der Waals surface area (Å²) in [4.78, 5) is 0. The molecular weight excluding hydrogens is 230 g/mol. The van der Waals surface area contributed by atoms with Gasteiger partial charge in [-0.2, -0.15) is 17.5 Å². The highest BCUT2D eigenvalue weighted by Crippen LogP contribution is 2.38. The van der Waals surface area contributed by atoms with Gasteiger partial charge in [0.15, 0.2) is 0 Å². The lowest BCUT2D eigenvalue weighted by molar-refractivity contribution is -0.136. The number of alkyl halides is 3. The number of fused-ring (bicyclic) bond motifs is 1. The molecule has 0 radical (unpaired) electrons. The molecule has 0 spiro atoms. The molecule has 1 aromatic heterocycles. The second kappa shape index (κ2) is 3.16. The van der Waals surface area contributed by atoms with Crippen LogP contribution in [0.15, 0.2) is 12.1 Å². The van der Waals surface area contributed by atoms with Crippen LogP contribution in [0.4, 0.5) is 17.6 Å². The van der Waals surface area contributed by atoms with Crippen LogP contribution in [-0.2, 0) is 6.18 Å². The van der Waals surface area contributed by atoms with Crippen molar-refractivity contribution in [2.24, 2.45) is 0 Å². The minimum absolute atomic E-state index is 0.0126. The fraction of sp³-hybridized carbons (Fsp3) is 0.222. The van der Waals surface area contributed by atoms with Gasteiger partial charge in [0.1, 0.15) is 5.82 Å². The van der Waals surface area contributed by atoms with Gasteiger partial charge >= 0.3 is 6.18 Å². The number of halogens is 4. The minimum atomic E-state index is -4.54. The summed E-state index contributed by atoms with van der Waals surface area (Å²) in [5.41, 5.74) is -0.539. The molecule has 0 saturated carbocycles. The number of aromatic nitrogens is 1. The Morgan fingerprint density at radius 3 is 2.53 bits per heavy atom. The minimum Gasteiger partial charge on any atom is -0.207 e. The molecule has 0 aliphatic rings. The molecule has 0 aliphatic heterocycles. The van der Waals surface area contributed by atoms with Gasteiger partial charge in [0, 0.05) is 5.39 Å². The quantitative estimate of drug-likeness (QED) is 0.633. The largest absolute Gasteiger partial charge is 0.417 e. The van der Waals surface area contributed by atoms with Crippen molar-refractivity contribution in [3.05, 3.63) is 29.2 Å². The Morgan fingerprint density at radius 1 is 1.27 bits per heavy atom. The molecule has 0 unspecified atom stereocenters. The van der Waals surface area contributed by atoms with Crippen molar-refractivity contribution in [2.45, 2.75) is 13.1 Å². The zero-order valence-electron chi connectivity index (χ0n) is 7.52. The van der Waals surface area contributed by atoms with Crippen molar-refractivity contribution >= 4 is 21.6 Å². The van der Waals surface area contributed by atoms with Crippen molar-refractivity contribution in [3.8, 4) is 0 Å². The van der Waals surface area contributed by atoms with Gasteiger partial charge in [-0.3, -0.25) is 0 Å². The van der Waals surface area contributed by atoms with Crippen molar-refractivity contribution in [2.75, 3.05) is 0 Å². The summed E-state index contributed by atoms with van der Waals surface area (Å²) in [6.45, 7) is 1.55. The maximum atomic E-state index is 13.0. The Morgan fingerprint density at radius 2 is 1.93 bits per heavy atom. The number of aryl methyl sites for hydroxylation is 1. The maximum absolute atomic E-state index is 13.0. The number of hydrogen-bond acceptors (Lipinski definition) is 2. The van der Waals surface area contributed by atoms with Crippen LogP contribution in [-0.4, -0.2) is 4.37 Å². The SMILES string of the molecule is Cc1nsc2c(C(F)(F)F)cc(F)cc12. The summed E-state index contributed by atoms with van der Waals surface area (Å²) in [6.07, 6.45) is -4.54. The van der Waals surface area contributed by atoms with Crippen molar-refractivity contribution in [1.82, 2.24) is 4.37 Å². The third-order valence-corrected chi connectivity index (χ3v) is 3.01. The lowest BCUT2D eigenvalue weighted by Gasteiger charge is -2.07. The van der Waals surface area contributed by atoms with Crippen LogP contribution in [0.2, 0.25) is 0 Å². The van der Waals surface area contributed by atoms with Crippen LogP contribution in [0.25, 0.3) is 10.1 Å². The van der Waals surface area contributed by atoms with Crippen LogP contribution in [0.1, 0.15) is 11.3 Å². The molecule has 80 valence electrons. The third-order valence-electron chi connectivity index (χ3n) is 2.02. The Bertz CT molecular complexity index is 515. The van der Waals surface area contributed by atoms with Crippen LogP contribution in [0, 0.1) is 12.7 Å². The molecule has 2 aromatic rings. The summed E-state index contributed by atoms with van der Waals surface area (Å²) in [6, 6.07) is 1.57. The number of hydrogen-bond donors (Lipinski definition) is 0. The molecule has 0 atom stereocenters. The van der Waals surface area contributed by atoms with Crippen LogP contribution in [0.5, 0.6) is 0 Å². The second-order valence-corrected chi connectivity index (χ2v) is 3.87. The van der Waals surface area contributed by atoms with E-state index >= 15 is 0 Å². The first-order valence-electron chi connectivity index (χ1n) is 4.02. The van der Waals surface area contributed by atoms with E-state index in [0.717, 1.165) is 17.6 Å². The summed E-state index contributed by atoms with van der Waals surface area (Å²) in [5, 5.41) is 0.229. The molecule has 1 heterocycles. The number of benzene rings is 1. The number of nitrogens with zero attached hydrogens (tertiary/aromatic N) is 1. The third kappa shape index (κ3) is 1.69. The molecule has 0 aliphatic carbocycles.